The number of carbonyl (C=O) groups is 1. The summed E-state index contributed by atoms with van der Waals surface area (Å²) in [5.41, 5.74) is 3.83. The van der Waals surface area contributed by atoms with Crippen molar-refractivity contribution in [2.24, 2.45) is 0 Å². The Morgan fingerprint density at radius 1 is 1.12 bits per heavy atom. The molecule has 5 nitrogen and oxygen atoms in total. The van der Waals surface area contributed by atoms with E-state index in [9.17, 15) is 4.79 Å². The highest BCUT2D eigenvalue weighted by Gasteiger charge is 2.28. The third kappa shape index (κ3) is 2.38. The molecular weight excluding hydrogens is 302 g/mol. The Kier molecular flexibility index (Phi) is 3.41. The van der Waals surface area contributed by atoms with Crippen molar-refractivity contribution in [1.29, 1.82) is 0 Å². The van der Waals surface area contributed by atoms with Crippen LogP contribution in [0.1, 0.15) is 46.0 Å². The predicted octanol–water partition coefficient (Wildman–Crippen LogP) is 3.69. The molecule has 0 saturated carbocycles. The van der Waals surface area contributed by atoms with Crippen LogP contribution in [0.2, 0.25) is 0 Å². The molecule has 1 amide bonds. The summed E-state index contributed by atoms with van der Waals surface area (Å²) in [5.74, 6) is 1.31. The maximum atomic E-state index is 12.5. The first-order chi connectivity index (χ1) is 11.6. The molecule has 0 aliphatic carbocycles. The van der Waals surface area contributed by atoms with Gasteiger partial charge in [-0.1, -0.05) is 35.5 Å². The minimum absolute atomic E-state index is 0.0201. The van der Waals surface area contributed by atoms with Gasteiger partial charge in [-0.25, -0.2) is 0 Å². The number of benzene rings is 2. The van der Waals surface area contributed by atoms with Gasteiger partial charge in [0.15, 0.2) is 5.82 Å². The number of carbonyl (C=O) groups excluding carboxylic acids is 1. The van der Waals surface area contributed by atoms with Gasteiger partial charge in [-0.05, 0) is 43.2 Å². The van der Waals surface area contributed by atoms with Crippen LogP contribution in [-0.2, 0) is 6.54 Å². The van der Waals surface area contributed by atoms with Crippen LogP contribution < -0.4 is 4.90 Å². The zero-order chi connectivity index (χ0) is 16.7. The molecule has 0 spiro atoms. The highest BCUT2D eigenvalue weighted by molar-refractivity contribution is 6.09. The highest BCUT2D eigenvalue weighted by Crippen LogP contribution is 2.30. The molecule has 1 aliphatic rings. The Balaban J connectivity index is 1.58. The summed E-state index contributed by atoms with van der Waals surface area (Å²) in [7, 11) is 0. The van der Waals surface area contributed by atoms with E-state index >= 15 is 0 Å². The van der Waals surface area contributed by atoms with E-state index < -0.39 is 0 Å². The highest BCUT2D eigenvalue weighted by atomic mass is 16.5. The molecule has 1 atom stereocenters. The molecule has 1 unspecified atom stereocenters. The van der Waals surface area contributed by atoms with Crippen molar-refractivity contribution < 1.29 is 9.32 Å². The van der Waals surface area contributed by atoms with Crippen molar-refractivity contribution in [3.63, 3.8) is 0 Å². The predicted molar refractivity (Wildman–Crippen MR) is 89.9 cm³/mol. The average molecular weight is 319 g/mol. The number of nitrogens with zero attached hydrogens (tertiary/aromatic N) is 3. The van der Waals surface area contributed by atoms with E-state index in [4.69, 9.17) is 4.52 Å². The van der Waals surface area contributed by atoms with Gasteiger partial charge in [0, 0.05) is 11.3 Å². The molecule has 5 heteroatoms. The topological polar surface area (TPSA) is 59.2 Å². The van der Waals surface area contributed by atoms with E-state index in [0.717, 1.165) is 22.4 Å². The van der Waals surface area contributed by atoms with E-state index in [-0.39, 0.29) is 11.8 Å². The molecule has 0 saturated heterocycles. The summed E-state index contributed by atoms with van der Waals surface area (Å²) < 4.78 is 5.24. The standard InChI is InChI=1S/C19H17N3O2/c1-12(18-20-13(2)21-24-18)14-7-9-16(10-8-14)22-11-15-5-3-4-6-17(15)19(22)23/h3-10,12H,11H2,1-2H3. The van der Waals surface area contributed by atoms with Crippen molar-refractivity contribution in [2.45, 2.75) is 26.3 Å². The largest absolute Gasteiger partial charge is 0.339 e. The quantitative estimate of drug-likeness (QED) is 0.739. The number of amides is 1. The molecule has 2 heterocycles. The van der Waals surface area contributed by atoms with E-state index in [1.165, 1.54) is 0 Å². The van der Waals surface area contributed by atoms with Gasteiger partial charge < -0.3 is 9.42 Å². The molecule has 1 aromatic heterocycles. The number of hydrogen-bond acceptors (Lipinski definition) is 4. The van der Waals surface area contributed by atoms with Crippen LogP contribution in [0.4, 0.5) is 5.69 Å². The Morgan fingerprint density at radius 2 is 1.88 bits per heavy atom. The second-order valence-electron chi connectivity index (χ2n) is 6.04. The zero-order valence-electron chi connectivity index (χ0n) is 13.6. The Bertz CT molecular complexity index is 899. The van der Waals surface area contributed by atoms with Gasteiger partial charge in [-0.2, -0.15) is 4.98 Å². The van der Waals surface area contributed by atoms with E-state index in [1.54, 1.807) is 11.8 Å². The summed E-state index contributed by atoms with van der Waals surface area (Å²) >= 11 is 0. The van der Waals surface area contributed by atoms with Crippen molar-refractivity contribution >= 4 is 11.6 Å². The SMILES string of the molecule is Cc1noc(C(C)c2ccc(N3Cc4ccccc4C3=O)cc2)n1. The van der Waals surface area contributed by atoms with Gasteiger partial charge in [0.25, 0.3) is 5.91 Å². The molecule has 120 valence electrons. The van der Waals surface area contributed by atoms with Crippen molar-refractivity contribution in [3.05, 3.63) is 76.9 Å². The smallest absolute Gasteiger partial charge is 0.258 e. The molecule has 4 rings (SSSR count). The lowest BCUT2D eigenvalue weighted by Crippen LogP contribution is -2.22. The Hall–Kier alpha value is -2.95. The van der Waals surface area contributed by atoms with Crippen LogP contribution in [0.15, 0.2) is 53.1 Å². The second-order valence-corrected chi connectivity index (χ2v) is 6.04. The monoisotopic (exact) mass is 319 g/mol. The Morgan fingerprint density at radius 3 is 2.54 bits per heavy atom. The fourth-order valence-electron chi connectivity index (χ4n) is 3.04. The van der Waals surface area contributed by atoms with Crippen LogP contribution in [0.5, 0.6) is 0 Å². The first-order valence-corrected chi connectivity index (χ1v) is 7.93. The number of rotatable bonds is 3. The summed E-state index contributed by atoms with van der Waals surface area (Å²) in [5, 5.41) is 3.84. The summed E-state index contributed by atoms with van der Waals surface area (Å²) in [6, 6.07) is 15.7. The van der Waals surface area contributed by atoms with Gasteiger partial charge in [-0.15, -0.1) is 0 Å². The number of hydrogen-bond donors (Lipinski definition) is 0. The van der Waals surface area contributed by atoms with Crippen LogP contribution in [0, 0.1) is 6.92 Å². The normalized spacial score (nSPS) is 14.8. The lowest BCUT2D eigenvalue weighted by Gasteiger charge is -2.17. The van der Waals surface area contributed by atoms with Crippen molar-refractivity contribution in [2.75, 3.05) is 4.90 Å². The van der Waals surface area contributed by atoms with E-state index in [0.29, 0.717) is 18.3 Å². The molecule has 0 fully saturated rings. The maximum absolute atomic E-state index is 12.5. The molecule has 24 heavy (non-hydrogen) atoms. The molecular formula is C19H17N3O2. The van der Waals surface area contributed by atoms with Crippen LogP contribution >= 0.6 is 0 Å². The summed E-state index contributed by atoms with van der Waals surface area (Å²) in [4.78, 5) is 18.6. The summed E-state index contributed by atoms with van der Waals surface area (Å²) in [6.45, 7) is 4.45. The number of fused-ring (bicyclic) bond motifs is 1. The lowest BCUT2D eigenvalue weighted by atomic mass is 10.0. The van der Waals surface area contributed by atoms with E-state index in [2.05, 4.69) is 10.1 Å². The Labute approximate surface area is 139 Å². The third-order valence-corrected chi connectivity index (χ3v) is 4.44. The minimum atomic E-state index is 0.0201. The van der Waals surface area contributed by atoms with Crippen LogP contribution in [0.3, 0.4) is 0 Å². The average Bonchev–Trinajstić information content (AvgIpc) is 3.19. The van der Waals surface area contributed by atoms with Gasteiger partial charge >= 0.3 is 0 Å². The first-order valence-electron chi connectivity index (χ1n) is 7.93. The molecule has 2 aromatic carbocycles. The summed E-state index contributed by atoms with van der Waals surface area (Å²) in [6.07, 6.45) is 0. The third-order valence-electron chi connectivity index (χ3n) is 4.44. The maximum Gasteiger partial charge on any atom is 0.258 e. The molecule has 1 aliphatic heterocycles. The van der Waals surface area contributed by atoms with E-state index in [1.807, 2.05) is 55.5 Å². The van der Waals surface area contributed by atoms with Gasteiger partial charge in [0.05, 0.1) is 12.5 Å². The second kappa shape index (κ2) is 5.60. The van der Waals surface area contributed by atoms with Crippen LogP contribution in [0.25, 0.3) is 0 Å². The molecule has 0 N–H and O–H groups in total. The molecule has 0 radical (unpaired) electrons. The zero-order valence-corrected chi connectivity index (χ0v) is 13.6. The van der Waals surface area contributed by atoms with Gasteiger partial charge in [0.2, 0.25) is 5.89 Å². The number of aryl methyl sites for hydroxylation is 1. The fraction of sp³-hybridized carbons (Fsp3) is 0.211. The van der Waals surface area contributed by atoms with Crippen LogP contribution in [-0.4, -0.2) is 16.0 Å². The minimum Gasteiger partial charge on any atom is -0.339 e. The fourth-order valence-corrected chi connectivity index (χ4v) is 3.04. The van der Waals surface area contributed by atoms with Crippen molar-refractivity contribution in [1.82, 2.24) is 10.1 Å². The number of aromatic nitrogens is 2. The molecule has 0 bridgehead atoms. The first kappa shape index (κ1) is 14.6. The molecule has 3 aromatic rings. The van der Waals surface area contributed by atoms with Gasteiger partial charge in [0.1, 0.15) is 0 Å². The number of anilines is 1. The van der Waals surface area contributed by atoms with Crippen molar-refractivity contribution in [3.8, 4) is 0 Å². The van der Waals surface area contributed by atoms with Gasteiger partial charge in [-0.3, -0.25) is 4.79 Å². The lowest BCUT2D eigenvalue weighted by molar-refractivity contribution is 0.0996.